The maximum Gasteiger partial charge on any atom is 0.271 e. The number of fused-ring (bicyclic) bond motifs is 3. The van der Waals surface area contributed by atoms with Gasteiger partial charge in [-0.25, -0.2) is 29.9 Å². The SMILES string of the molecule is Cc1cccc([C@@H](CO)NC(=O)[C@@H](C)N2CCn3cc(-c4ccnc(NC5CCCCC5)n4)cc3C2=O)c1.Cc1cccc([C@@H](CO)NC(=O)[C@@H](C)N2CCn3cc(-c4ccnc(Nc5ccnn5C)n4)cc3C2=O)c1.Cc1cccc([C@@H](CO)NC(=O)[C@H](C)N2CCn3cc(-c4ccnc(NC5CCOCC5)n4)cc3C2=O)c1. The molecule has 596 valence electrons. The van der Waals surface area contributed by atoms with E-state index in [0.29, 0.717) is 85.9 Å². The number of amides is 6. The molecule has 6 atom stereocenters. The Morgan fingerprint density at radius 2 is 0.816 bits per heavy atom. The van der Waals surface area contributed by atoms with Gasteiger partial charge in [0.05, 0.1) is 61.2 Å². The molecule has 1 saturated carbocycles. The van der Waals surface area contributed by atoms with E-state index < -0.39 is 36.3 Å². The Labute approximate surface area is 661 Å². The second-order valence-corrected chi connectivity index (χ2v) is 29.7. The predicted molar refractivity (Wildman–Crippen MR) is 430 cm³/mol. The normalized spacial score (nSPS) is 16.6. The number of aliphatic hydroxyl groups excluding tert-OH is 3. The highest BCUT2D eigenvalue weighted by Gasteiger charge is 2.37. The molecule has 2 fully saturated rings. The van der Waals surface area contributed by atoms with E-state index in [9.17, 15) is 44.1 Å². The standard InChI is InChI=1S/C29H36N6O3.C28H34N6O4.C27H30N8O3/c1-19-7-6-8-21(15-19)25(18-36)32-27(37)20(2)35-14-13-34-17-22(16-26(34)28(35)38)24-11-12-30-29(33-24)31-23-9-4-3-5-10-23;1-18-4-3-5-20(14-18)24(17-35)31-26(36)19(2)34-11-10-33-16-21(15-25(33)27(34)37)23-6-9-29-28(32-23)30-22-7-12-38-13-8-22;1-17-5-4-6-19(13-17)22(16-36)30-25(37)18(2)35-12-11-34-15-20(14-23(34)26(35)38)21-7-9-28-27(31-21)32-24-8-10-29-33(24)3/h6-8,11-12,15-17,20,23,25,36H,3-5,9-10,13-14,18H2,1-2H3,(H,32,37)(H,30,31,33);3-6,9,14-16,19,22,24,35H,7-8,10-13,17H2,1-2H3,(H,31,36)(H,29,30,32);4-10,13-15,18,22,36H,11-12,16H2,1-3H3,(H,30,37)(H,28,31,32)/t20-,25-;19-,24+;18-,22-/m101/s1. The van der Waals surface area contributed by atoms with Gasteiger partial charge >= 0.3 is 0 Å². The van der Waals surface area contributed by atoms with Crippen molar-refractivity contribution < 1.29 is 48.8 Å². The van der Waals surface area contributed by atoms with Crippen molar-refractivity contribution in [2.24, 2.45) is 7.05 Å². The van der Waals surface area contributed by atoms with Crippen LogP contribution >= 0.6 is 0 Å². The number of nitrogens with zero attached hydrogens (tertiary/aromatic N) is 14. The second-order valence-electron chi connectivity index (χ2n) is 29.7. The molecular weight excluding hydrogens is 1450 g/mol. The third kappa shape index (κ3) is 19.0. The van der Waals surface area contributed by atoms with Gasteiger partial charge in [-0.2, -0.15) is 5.10 Å². The van der Waals surface area contributed by atoms with E-state index in [1.54, 1.807) is 77.1 Å². The number of hydrogen-bond donors (Lipinski definition) is 9. The smallest absolute Gasteiger partial charge is 0.271 e. The number of nitrogens with one attached hydrogen (secondary N) is 6. The van der Waals surface area contributed by atoms with Crippen molar-refractivity contribution in [3.05, 3.63) is 209 Å². The summed E-state index contributed by atoms with van der Waals surface area (Å²) in [4.78, 5) is 111. The number of aliphatic hydroxyl groups is 3. The molecule has 5 aliphatic rings. The summed E-state index contributed by atoms with van der Waals surface area (Å²) in [7, 11) is 1.82. The molecule has 4 aliphatic heterocycles. The van der Waals surface area contributed by atoms with Crippen LogP contribution < -0.4 is 31.9 Å². The number of hydrogen-bond acceptors (Lipinski definition) is 20. The number of carbonyl (C=O) groups excluding carboxylic acids is 6. The van der Waals surface area contributed by atoms with Crippen molar-refractivity contribution in [2.45, 2.75) is 154 Å². The first-order valence-electron chi connectivity index (χ1n) is 39.0. The zero-order chi connectivity index (χ0) is 80.1. The molecule has 1 saturated heterocycles. The quantitative estimate of drug-likeness (QED) is 0.0273. The summed E-state index contributed by atoms with van der Waals surface area (Å²) >= 11 is 0. The lowest BCUT2D eigenvalue weighted by molar-refractivity contribution is -0.127. The summed E-state index contributed by atoms with van der Waals surface area (Å²) in [5, 5.41) is 52.5. The van der Waals surface area contributed by atoms with Crippen LogP contribution in [-0.2, 0) is 45.8 Å². The Bertz CT molecular complexity index is 4860. The van der Waals surface area contributed by atoms with Crippen molar-refractivity contribution in [2.75, 3.05) is 68.6 Å². The van der Waals surface area contributed by atoms with E-state index in [1.165, 1.54) is 19.3 Å². The number of benzene rings is 3. The summed E-state index contributed by atoms with van der Waals surface area (Å²) in [6.45, 7) is 14.7. The number of ether oxygens (including phenoxy) is 1. The number of rotatable bonds is 24. The molecule has 0 spiro atoms. The van der Waals surface area contributed by atoms with Gasteiger partial charge in [-0.15, -0.1) is 0 Å². The molecule has 11 heterocycles. The van der Waals surface area contributed by atoms with Gasteiger partial charge in [0.15, 0.2) is 0 Å². The average Bonchev–Trinajstić information content (AvgIpc) is 1.64. The maximum atomic E-state index is 13.4. The van der Waals surface area contributed by atoms with E-state index >= 15 is 0 Å². The minimum atomic E-state index is -0.706. The summed E-state index contributed by atoms with van der Waals surface area (Å²) in [5.41, 5.74) is 11.7. The van der Waals surface area contributed by atoms with Gasteiger partial charge in [0.2, 0.25) is 35.6 Å². The van der Waals surface area contributed by atoms with Crippen molar-refractivity contribution in [3.63, 3.8) is 0 Å². The predicted octanol–water partition coefficient (Wildman–Crippen LogP) is 8.66. The fourth-order valence-electron chi connectivity index (χ4n) is 15.0. The zero-order valence-electron chi connectivity index (χ0n) is 65.3. The van der Waals surface area contributed by atoms with E-state index in [1.807, 2.05) is 163 Å². The minimum absolute atomic E-state index is 0.198. The lowest BCUT2D eigenvalue weighted by atomic mass is 9.96. The molecule has 30 nitrogen and oxygen atoms in total. The van der Waals surface area contributed by atoms with E-state index in [4.69, 9.17) is 9.72 Å². The number of carbonyl (C=O) groups is 6. The Morgan fingerprint density at radius 1 is 0.456 bits per heavy atom. The Balaban J connectivity index is 0.000000149. The highest BCUT2D eigenvalue weighted by atomic mass is 16.5. The van der Waals surface area contributed by atoms with Crippen LogP contribution in [0.25, 0.3) is 33.8 Å². The highest BCUT2D eigenvalue weighted by Crippen LogP contribution is 2.32. The van der Waals surface area contributed by atoms with Gasteiger partial charge < -0.3 is 80.4 Å². The molecule has 30 heteroatoms. The lowest BCUT2D eigenvalue weighted by Gasteiger charge is -2.33. The second kappa shape index (κ2) is 36.7. The summed E-state index contributed by atoms with van der Waals surface area (Å²) < 4.78 is 12.8. The van der Waals surface area contributed by atoms with E-state index in [-0.39, 0.29) is 61.3 Å². The molecule has 15 rings (SSSR count). The highest BCUT2D eigenvalue weighted by molar-refractivity contribution is 6.00. The summed E-state index contributed by atoms with van der Waals surface area (Å²) in [6, 6.07) is 32.7. The average molecular weight is 1550 g/mol. The number of aromatic nitrogens is 11. The third-order valence-corrected chi connectivity index (χ3v) is 21.7. The fourth-order valence-corrected chi connectivity index (χ4v) is 15.0. The van der Waals surface area contributed by atoms with Crippen LogP contribution in [0.4, 0.5) is 23.7 Å². The Morgan fingerprint density at radius 3 is 1.17 bits per heavy atom. The minimum Gasteiger partial charge on any atom is -0.394 e. The van der Waals surface area contributed by atoms with E-state index in [2.05, 4.69) is 61.9 Å². The first-order valence-corrected chi connectivity index (χ1v) is 39.0. The van der Waals surface area contributed by atoms with E-state index in [0.717, 1.165) is 106 Å². The first-order chi connectivity index (χ1) is 55.2. The first kappa shape index (κ1) is 80.1. The summed E-state index contributed by atoms with van der Waals surface area (Å²) in [6.07, 6.45) is 20.4. The van der Waals surface area contributed by atoms with Crippen LogP contribution in [0.15, 0.2) is 159 Å². The van der Waals surface area contributed by atoms with Crippen molar-refractivity contribution in [3.8, 4) is 33.8 Å². The van der Waals surface area contributed by atoms with Crippen LogP contribution in [0.2, 0.25) is 0 Å². The molecule has 0 bridgehead atoms. The van der Waals surface area contributed by atoms with Gasteiger partial charge in [0.25, 0.3) is 17.7 Å². The Kier molecular flexibility index (Phi) is 25.7. The van der Waals surface area contributed by atoms with Crippen LogP contribution in [0.3, 0.4) is 0 Å². The fraction of sp³-hybridized carbons (Fsp3) is 0.393. The van der Waals surface area contributed by atoms with Gasteiger partial charge in [-0.05, 0) is 120 Å². The molecule has 9 N–H and O–H groups in total. The summed E-state index contributed by atoms with van der Waals surface area (Å²) in [5.74, 6) is 0.777. The zero-order valence-corrected chi connectivity index (χ0v) is 65.3. The van der Waals surface area contributed by atoms with Crippen molar-refractivity contribution >= 4 is 59.1 Å². The molecule has 10 aromatic rings. The molecule has 6 amide bonds. The molecule has 7 aromatic heterocycles. The molecular formula is C84H100N20O10. The number of aryl methyl sites for hydroxylation is 4. The van der Waals surface area contributed by atoms with Crippen molar-refractivity contribution in [1.82, 2.24) is 84.0 Å². The topological polar surface area (TPSA) is 364 Å². The van der Waals surface area contributed by atoms with Gasteiger partial charge in [-0.1, -0.05) is 109 Å². The van der Waals surface area contributed by atoms with Crippen LogP contribution in [0.1, 0.15) is 149 Å². The molecule has 3 aromatic carbocycles. The molecule has 1 aliphatic carbocycles. The number of anilines is 4. The molecule has 114 heavy (non-hydrogen) atoms. The van der Waals surface area contributed by atoms with Crippen molar-refractivity contribution in [1.29, 1.82) is 0 Å². The maximum absolute atomic E-state index is 13.4. The lowest BCUT2D eigenvalue weighted by Crippen LogP contribution is -2.52. The van der Waals surface area contributed by atoms with Crippen LogP contribution in [0.5, 0.6) is 0 Å². The molecule has 0 unspecified atom stereocenters. The third-order valence-electron chi connectivity index (χ3n) is 21.7. The Hall–Kier alpha value is -12.0. The van der Waals surface area contributed by atoms with Crippen LogP contribution in [0, 0.1) is 20.8 Å². The van der Waals surface area contributed by atoms with Gasteiger partial charge in [-0.3, -0.25) is 33.4 Å². The molecule has 0 radical (unpaired) electrons. The van der Waals surface area contributed by atoms with Gasteiger partial charge in [0.1, 0.15) is 41.0 Å². The monoisotopic (exact) mass is 1550 g/mol. The van der Waals surface area contributed by atoms with Gasteiger partial charge in [0, 0.05) is 132 Å². The largest absolute Gasteiger partial charge is 0.394 e. The van der Waals surface area contributed by atoms with Crippen LogP contribution in [-0.4, -0.2) is 202 Å².